The van der Waals surface area contributed by atoms with Gasteiger partial charge < -0.3 is 0 Å². The second-order valence-corrected chi connectivity index (χ2v) is 7.20. The van der Waals surface area contributed by atoms with Crippen molar-refractivity contribution in [1.29, 1.82) is 0 Å². The summed E-state index contributed by atoms with van der Waals surface area (Å²) < 4.78 is 23.4. The zero-order valence-electron chi connectivity index (χ0n) is 7.36. The molecule has 1 fully saturated rings. The van der Waals surface area contributed by atoms with Gasteiger partial charge in [-0.05, 0) is 0 Å². The van der Waals surface area contributed by atoms with E-state index >= 15 is 0 Å². The molecule has 0 atom stereocenters. The molecule has 6 heteroatoms. The van der Waals surface area contributed by atoms with E-state index in [2.05, 4.69) is 0 Å². The minimum absolute atomic E-state index is 0.725. The summed E-state index contributed by atoms with van der Waals surface area (Å²) in [7, 11) is -0.0441. The predicted molar refractivity (Wildman–Crippen MR) is 48.6 cm³/mol. The van der Waals surface area contributed by atoms with Crippen molar-refractivity contribution in [2.24, 2.45) is 0 Å². The first-order valence-electron chi connectivity index (χ1n) is 3.77. The zero-order valence-corrected chi connectivity index (χ0v) is 9.96. The Kier molecular flexibility index (Phi) is 4.24. The molecule has 0 spiro atoms. The van der Waals surface area contributed by atoms with E-state index in [0.717, 1.165) is 38.7 Å². The summed E-state index contributed by atoms with van der Waals surface area (Å²) in [5, 5.41) is 2.29. The summed E-state index contributed by atoms with van der Waals surface area (Å²) in [5.74, 6) is 0. The average molecular weight is 258 g/mol. The van der Waals surface area contributed by atoms with Crippen LogP contribution in [0.1, 0.15) is 0 Å². The Morgan fingerprint density at radius 3 is 2.17 bits per heavy atom. The van der Waals surface area contributed by atoms with Gasteiger partial charge in [-0.1, -0.05) is 0 Å². The summed E-state index contributed by atoms with van der Waals surface area (Å²) in [6.45, 7) is 1.69. The van der Waals surface area contributed by atoms with E-state index in [1.807, 2.05) is 4.67 Å². The van der Waals surface area contributed by atoms with E-state index in [4.69, 9.17) is 9.05 Å². The van der Waals surface area contributed by atoms with Crippen molar-refractivity contribution in [3.05, 3.63) is 0 Å². The molecule has 72 valence electrons. The first-order chi connectivity index (χ1) is 5.73. The molecule has 1 rings (SSSR count). The quantitative estimate of drug-likeness (QED) is 0.564. The Hall–Kier alpha value is 0.629. The first kappa shape index (κ1) is 10.7. The third-order valence-corrected chi connectivity index (χ3v) is 5.79. The van der Waals surface area contributed by atoms with Gasteiger partial charge in [0.05, 0.1) is 0 Å². The van der Waals surface area contributed by atoms with Crippen LogP contribution in [0.4, 0.5) is 0 Å². The van der Waals surface area contributed by atoms with Gasteiger partial charge >= 0.3 is 78.9 Å². The van der Waals surface area contributed by atoms with Gasteiger partial charge in [0.25, 0.3) is 0 Å². The van der Waals surface area contributed by atoms with Crippen molar-refractivity contribution in [3.8, 4) is 0 Å². The van der Waals surface area contributed by atoms with Gasteiger partial charge in [-0.3, -0.25) is 0 Å². The predicted octanol–water partition coefficient (Wildman–Crippen LogP) is 1.24. The molecule has 0 aromatic carbocycles. The molecule has 12 heavy (non-hydrogen) atoms. The van der Waals surface area contributed by atoms with E-state index < -0.39 is 7.75 Å². The molecule has 0 bridgehead atoms. The van der Waals surface area contributed by atoms with Crippen LogP contribution in [0.2, 0.25) is 10.6 Å². The number of hydrogen-bond acceptors (Lipinski definition) is 3. The summed E-state index contributed by atoms with van der Waals surface area (Å²) in [4.78, 5) is 0. The molecule has 0 radical (unpaired) electrons. The van der Waals surface area contributed by atoms with Crippen LogP contribution in [0.25, 0.3) is 0 Å². The molecule has 4 nitrogen and oxygen atoms in total. The Morgan fingerprint density at radius 1 is 1.25 bits per heavy atom. The molecule has 0 aromatic rings. The van der Waals surface area contributed by atoms with Gasteiger partial charge in [-0.2, -0.15) is 0 Å². The van der Waals surface area contributed by atoms with Crippen molar-refractivity contribution >= 4 is 22.7 Å². The molecule has 1 aliphatic rings. The van der Waals surface area contributed by atoms with Crippen molar-refractivity contribution < 1.29 is 13.6 Å². The molecule has 0 amide bonds. The SMILES string of the molecule is COP(=O)(OC)N1CC[Se]CC1. The van der Waals surface area contributed by atoms with Gasteiger partial charge in [0.1, 0.15) is 0 Å². The molecule has 0 saturated carbocycles. The minimum atomic E-state index is -2.91. The van der Waals surface area contributed by atoms with E-state index in [9.17, 15) is 4.57 Å². The summed E-state index contributed by atoms with van der Waals surface area (Å²) in [6.07, 6.45) is 0. The van der Waals surface area contributed by atoms with Crippen molar-refractivity contribution in [2.75, 3.05) is 27.3 Å². The topological polar surface area (TPSA) is 38.8 Å². The van der Waals surface area contributed by atoms with Gasteiger partial charge in [-0.25, -0.2) is 0 Å². The zero-order chi connectivity index (χ0) is 9.03. The van der Waals surface area contributed by atoms with Crippen LogP contribution in [0.15, 0.2) is 0 Å². The summed E-state index contributed by atoms with van der Waals surface area (Å²) >= 11 is 0.725. The van der Waals surface area contributed by atoms with Gasteiger partial charge in [0.15, 0.2) is 0 Å². The molecule has 0 aliphatic carbocycles. The summed E-state index contributed by atoms with van der Waals surface area (Å²) in [5.41, 5.74) is 0. The van der Waals surface area contributed by atoms with Gasteiger partial charge in [-0.15, -0.1) is 0 Å². The average Bonchev–Trinajstić information content (AvgIpc) is 2.18. The first-order valence-corrected chi connectivity index (χ1v) is 7.69. The Balaban J connectivity index is 2.58. The van der Waals surface area contributed by atoms with Gasteiger partial charge in [0, 0.05) is 0 Å². The maximum atomic E-state index is 11.8. The van der Waals surface area contributed by atoms with Crippen molar-refractivity contribution in [1.82, 2.24) is 4.67 Å². The number of nitrogens with zero attached hydrogens (tertiary/aromatic N) is 1. The second kappa shape index (κ2) is 4.75. The monoisotopic (exact) mass is 259 g/mol. The van der Waals surface area contributed by atoms with Crippen LogP contribution in [0.3, 0.4) is 0 Å². The fourth-order valence-corrected chi connectivity index (χ4v) is 4.91. The fraction of sp³-hybridized carbons (Fsp3) is 1.00. The standard InChI is InChI=1S/C6H14NO3PSe/c1-9-11(8,10-2)7-3-5-12-6-4-7/h3-6H2,1-2H3. The molecule has 0 aromatic heterocycles. The van der Waals surface area contributed by atoms with Crippen LogP contribution in [0, 0.1) is 0 Å². The second-order valence-electron chi connectivity index (χ2n) is 2.40. The van der Waals surface area contributed by atoms with Crippen LogP contribution >= 0.6 is 7.75 Å². The van der Waals surface area contributed by atoms with Crippen molar-refractivity contribution in [3.63, 3.8) is 0 Å². The third-order valence-electron chi connectivity index (χ3n) is 1.80. The molecule has 0 unspecified atom stereocenters. The van der Waals surface area contributed by atoms with Gasteiger partial charge in [0.2, 0.25) is 0 Å². The Bertz CT molecular complexity index is 176. The Morgan fingerprint density at radius 2 is 1.75 bits per heavy atom. The van der Waals surface area contributed by atoms with E-state index in [-0.39, 0.29) is 0 Å². The van der Waals surface area contributed by atoms with Crippen LogP contribution < -0.4 is 0 Å². The number of rotatable bonds is 3. The van der Waals surface area contributed by atoms with E-state index in [0.29, 0.717) is 0 Å². The molecular weight excluding hydrogens is 244 g/mol. The van der Waals surface area contributed by atoms with Crippen LogP contribution in [-0.4, -0.2) is 46.9 Å². The number of hydrogen-bond donors (Lipinski definition) is 0. The summed E-state index contributed by atoms with van der Waals surface area (Å²) in [6, 6.07) is 0. The van der Waals surface area contributed by atoms with Crippen LogP contribution in [0.5, 0.6) is 0 Å². The van der Waals surface area contributed by atoms with Crippen LogP contribution in [-0.2, 0) is 13.6 Å². The fourth-order valence-electron chi connectivity index (χ4n) is 1.10. The molecule has 0 N–H and O–H groups in total. The molecule has 1 aliphatic heterocycles. The molecular formula is C6H14NO3PSe. The maximum absolute atomic E-state index is 11.8. The molecule has 1 heterocycles. The normalized spacial score (nSPS) is 21.2. The molecule has 1 saturated heterocycles. The van der Waals surface area contributed by atoms with E-state index in [1.54, 1.807) is 0 Å². The Labute approximate surface area is 79.3 Å². The van der Waals surface area contributed by atoms with Crippen molar-refractivity contribution in [2.45, 2.75) is 10.6 Å². The third kappa shape index (κ3) is 2.32. The van der Waals surface area contributed by atoms with E-state index in [1.165, 1.54) is 14.2 Å².